The van der Waals surface area contributed by atoms with Gasteiger partial charge in [0.15, 0.2) is 0 Å². The molecule has 2 aliphatic rings. The second kappa shape index (κ2) is 3.03. The molecule has 0 aromatic rings. The van der Waals surface area contributed by atoms with Gasteiger partial charge < -0.3 is 16.4 Å². The lowest BCUT2D eigenvalue weighted by Gasteiger charge is -2.34. The van der Waals surface area contributed by atoms with E-state index >= 15 is 0 Å². The van der Waals surface area contributed by atoms with E-state index in [0.717, 1.165) is 19.4 Å². The minimum Gasteiger partial charge on any atom is -0.354 e. The molecule has 1 saturated heterocycles. The molecule has 0 aromatic heterocycles. The zero-order valence-corrected chi connectivity index (χ0v) is 7.05. The van der Waals surface area contributed by atoms with E-state index in [9.17, 15) is 4.79 Å². The van der Waals surface area contributed by atoms with Crippen LogP contribution < -0.4 is 16.4 Å². The second-order valence-electron chi connectivity index (χ2n) is 3.80. The highest BCUT2D eigenvalue weighted by Gasteiger charge is 2.30. The van der Waals surface area contributed by atoms with Crippen LogP contribution in [0.4, 0.5) is 0 Å². The van der Waals surface area contributed by atoms with Gasteiger partial charge in [0.2, 0.25) is 5.91 Å². The van der Waals surface area contributed by atoms with Crippen LogP contribution in [0.2, 0.25) is 0 Å². The predicted octanol–water partition coefficient (Wildman–Crippen LogP) is -1.05. The standard InChI is InChI=1S/C8H15N3O/c9-5-1-6(2-5)11-7-3-8(12)10-4-7/h5-7,11H,1-4,9H2,(H,10,12). The van der Waals surface area contributed by atoms with Crippen molar-refractivity contribution in [3.63, 3.8) is 0 Å². The van der Waals surface area contributed by atoms with Gasteiger partial charge in [-0.1, -0.05) is 0 Å². The summed E-state index contributed by atoms with van der Waals surface area (Å²) in [6.07, 6.45) is 2.75. The first-order chi connectivity index (χ1) is 5.74. The van der Waals surface area contributed by atoms with Crippen molar-refractivity contribution in [2.24, 2.45) is 5.73 Å². The van der Waals surface area contributed by atoms with Gasteiger partial charge in [-0.2, -0.15) is 0 Å². The SMILES string of the molecule is NC1CC(NC2CNC(=O)C2)C1. The molecule has 0 bridgehead atoms. The van der Waals surface area contributed by atoms with E-state index in [1.807, 2.05) is 0 Å². The summed E-state index contributed by atoms with van der Waals surface area (Å²) in [6, 6.07) is 1.28. The fourth-order valence-corrected chi connectivity index (χ4v) is 1.85. The van der Waals surface area contributed by atoms with Crippen molar-refractivity contribution in [2.45, 2.75) is 37.4 Å². The number of nitrogens with one attached hydrogen (secondary N) is 2. The lowest BCUT2D eigenvalue weighted by molar-refractivity contribution is -0.119. The highest BCUT2D eigenvalue weighted by Crippen LogP contribution is 2.18. The molecular weight excluding hydrogens is 154 g/mol. The summed E-state index contributed by atoms with van der Waals surface area (Å²) in [6.45, 7) is 0.782. The molecule has 0 spiro atoms. The molecule has 0 radical (unpaired) electrons. The Morgan fingerprint density at radius 3 is 2.67 bits per heavy atom. The molecule has 0 aromatic carbocycles. The Hall–Kier alpha value is -0.610. The summed E-state index contributed by atoms with van der Waals surface area (Å²) in [4.78, 5) is 10.8. The van der Waals surface area contributed by atoms with E-state index in [1.165, 1.54) is 0 Å². The van der Waals surface area contributed by atoms with Crippen LogP contribution in [0.1, 0.15) is 19.3 Å². The van der Waals surface area contributed by atoms with E-state index in [-0.39, 0.29) is 5.91 Å². The van der Waals surface area contributed by atoms with Crippen LogP contribution >= 0.6 is 0 Å². The summed E-state index contributed by atoms with van der Waals surface area (Å²) < 4.78 is 0. The Morgan fingerprint density at radius 2 is 2.17 bits per heavy atom. The van der Waals surface area contributed by atoms with Crippen LogP contribution in [-0.2, 0) is 4.79 Å². The first-order valence-electron chi connectivity index (χ1n) is 4.52. The van der Waals surface area contributed by atoms with Crippen LogP contribution in [0, 0.1) is 0 Å². The number of hydrogen-bond acceptors (Lipinski definition) is 3. The normalized spacial score (nSPS) is 40.8. The van der Waals surface area contributed by atoms with Gasteiger partial charge >= 0.3 is 0 Å². The number of nitrogens with two attached hydrogens (primary N) is 1. The van der Waals surface area contributed by atoms with E-state index < -0.39 is 0 Å². The summed E-state index contributed by atoms with van der Waals surface area (Å²) in [5, 5.41) is 6.21. The van der Waals surface area contributed by atoms with Gasteiger partial charge in [-0.25, -0.2) is 0 Å². The third-order valence-electron chi connectivity index (χ3n) is 2.62. The van der Waals surface area contributed by atoms with E-state index in [1.54, 1.807) is 0 Å². The van der Waals surface area contributed by atoms with E-state index in [0.29, 0.717) is 24.5 Å². The summed E-state index contributed by atoms with van der Waals surface area (Å²) >= 11 is 0. The lowest BCUT2D eigenvalue weighted by Crippen LogP contribution is -2.52. The fraction of sp³-hybridized carbons (Fsp3) is 0.875. The molecule has 1 atom stereocenters. The van der Waals surface area contributed by atoms with Gasteiger partial charge in [0, 0.05) is 31.1 Å². The Kier molecular flexibility index (Phi) is 2.02. The molecule has 4 heteroatoms. The Bertz CT molecular complexity index is 189. The van der Waals surface area contributed by atoms with Crippen molar-refractivity contribution in [1.82, 2.24) is 10.6 Å². The van der Waals surface area contributed by atoms with Crippen molar-refractivity contribution in [1.29, 1.82) is 0 Å². The van der Waals surface area contributed by atoms with Crippen molar-refractivity contribution >= 4 is 5.91 Å². The topological polar surface area (TPSA) is 67.2 Å². The molecule has 1 aliphatic heterocycles. The van der Waals surface area contributed by atoms with Crippen LogP contribution in [0.3, 0.4) is 0 Å². The van der Waals surface area contributed by atoms with Crippen LogP contribution in [0.25, 0.3) is 0 Å². The maximum absolute atomic E-state index is 10.8. The number of hydrogen-bond donors (Lipinski definition) is 3. The van der Waals surface area contributed by atoms with Gasteiger partial charge in [-0.3, -0.25) is 4.79 Å². The number of rotatable bonds is 2. The Labute approximate surface area is 71.9 Å². The molecule has 1 amide bonds. The van der Waals surface area contributed by atoms with Crippen molar-refractivity contribution in [3.8, 4) is 0 Å². The smallest absolute Gasteiger partial charge is 0.221 e. The Morgan fingerprint density at radius 1 is 1.42 bits per heavy atom. The first kappa shape index (κ1) is 8.01. The molecule has 1 unspecified atom stereocenters. The van der Waals surface area contributed by atoms with E-state index in [2.05, 4.69) is 10.6 Å². The summed E-state index contributed by atoms with van der Waals surface area (Å²) in [5.74, 6) is 0.163. The molecule has 4 nitrogen and oxygen atoms in total. The second-order valence-corrected chi connectivity index (χ2v) is 3.80. The van der Waals surface area contributed by atoms with Gasteiger partial charge in [0.05, 0.1) is 0 Å². The maximum atomic E-state index is 10.8. The minimum absolute atomic E-state index is 0.163. The molecule has 1 saturated carbocycles. The molecule has 2 rings (SSSR count). The van der Waals surface area contributed by atoms with Crippen LogP contribution in [-0.4, -0.2) is 30.6 Å². The quantitative estimate of drug-likeness (QED) is 0.494. The summed E-state index contributed by atoms with van der Waals surface area (Å²) in [5.41, 5.74) is 5.65. The zero-order chi connectivity index (χ0) is 8.55. The van der Waals surface area contributed by atoms with Crippen molar-refractivity contribution < 1.29 is 4.79 Å². The largest absolute Gasteiger partial charge is 0.354 e. The molecular formula is C8H15N3O. The van der Waals surface area contributed by atoms with Crippen LogP contribution in [0.15, 0.2) is 0 Å². The number of carbonyl (C=O) groups excluding carboxylic acids is 1. The molecule has 2 fully saturated rings. The number of carbonyl (C=O) groups is 1. The molecule has 4 N–H and O–H groups in total. The monoisotopic (exact) mass is 169 g/mol. The minimum atomic E-state index is 0.163. The van der Waals surface area contributed by atoms with Crippen molar-refractivity contribution in [3.05, 3.63) is 0 Å². The van der Waals surface area contributed by atoms with Gasteiger partial charge in [0.1, 0.15) is 0 Å². The van der Waals surface area contributed by atoms with Gasteiger partial charge in [-0.05, 0) is 12.8 Å². The maximum Gasteiger partial charge on any atom is 0.221 e. The van der Waals surface area contributed by atoms with Crippen LogP contribution in [0.5, 0.6) is 0 Å². The fourth-order valence-electron chi connectivity index (χ4n) is 1.85. The predicted molar refractivity (Wildman–Crippen MR) is 45.5 cm³/mol. The molecule has 1 aliphatic carbocycles. The molecule has 12 heavy (non-hydrogen) atoms. The number of amides is 1. The highest BCUT2D eigenvalue weighted by molar-refractivity contribution is 5.78. The third kappa shape index (κ3) is 1.59. The molecule has 68 valence electrons. The van der Waals surface area contributed by atoms with E-state index in [4.69, 9.17) is 5.73 Å². The first-order valence-corrected chi connectivity index (χ1v) is 4.52. The molecule has 1 heterocycles. The summed E-state index contributed by atoms with van der Waals surface area (Å²) in [7, 11) is 0. The average molecular weight is 169 g/mol. The zero-order valence-electron chi connectivity index (χ0n) is 7.05. The third-order valence-corrected chi connectivity index (χ3v) is 2.62. The van der Waals surface area contributed by atoms with Gasteiger partial charge in [-0.15, -0.1) is 0 Å². The van der Waals surface area contributed by atoms with Gasteiger partial charge in [0.25, 0.3) is 0 Å². The van der Waals surface area contributed by atoms with Crippen molar-refractivity contribution in [2.75, 3.05) is 6.54 Å². The Balaban J connectivity index is 1.70. The highest BCUT2D eigenvalue weighted by atomic mass is 16.1. The average Bonchev–Trinajstić information content (AvgIpc) is 2.33. The lowest BCUT2D eigenvalue weighted by atomic mass is 9.87.